The lowest BCUT2D eigenvalue weighted by molar-refractivity contribution is -0.143. The SMILES string of the molecule is CSCC[C@H](NC(=O)[C@H](CC(C)C)NC(=O)[C@H](CO)NC(=O)[C@@H](NC(=O)CNC(=O)[C@H](Cc1ccc(O)cc1)NC(=O)[C@H](Cc1ccc(O)cc1)NC(=O)[C@H](CCC(=O)O)NC(=O)[C@@H](NC(=O)[C@H](CO)NC(=O)[C@H](CCC(=O)O)NC(=O)[C@H](CO)NC(=O)[C@@H](NC(=O)[C@@H](N)CCCNC(=N)N)[C@@H](C)O)C(C)C)[C@@H](C)O)C(=O)N[C@@H](CCC(N)=O)C(=O)O. The van der Waals surface area contributed by atoms with Crippen LogP contribution < -0.4 is 97.0 Å². The molecule has 0 aliphatic carbocycles. The third-order valence-corrected chi connectivity index (χ3v) is 18.7. The van der Waals surface area contributed by atoms with Gasteiger partial charge in [-0.05, 0) is 118 Å². The molecule has 2 rings (SSSR count). The first-order valence-electron chi connectivity index (χ1n) is 38.5. The topological polar surface area (TPSA) is 792 Å². The lowest BCUT2D eigenvalue weighted by Gasteiger charge is -2.29. The molecule has 2 aromatic rings. The van der Waals surface area contributed by atoms with Gasteiger partial charge in [0.1, 0.15) is 90.0 Å². The van der Waals surface area contributed by atoms with Crippen molar-refractivity contribution in [3.05, 3.63) is 59.7 Å². The zero-order valence-electron chi connectivity index (χ0n) is 68.2. The second-order valence-corrected chi connectivity index (χ2v) is 30.1. The normalized spacial score (nSPS) is 15.0. The van der Waals surface area contributed by atoms with Gasteiger partial charge >= 0.3 is 17.9 Å². The lowest BCUT2D eigenvalue weighted by atomic mass is 10.0. The van der Waals surface area contributed by atoms with Gasteiger partial charge in [0.2, 0.25) is 88.6 Å². The number of hydrogen-bond donors (Lipinski definition) is 29. The summed E-state index contributed by atoms with van der Waals surface area (Å²) < 4.78 is 0. The summed E-state index contributed by atoms with van der Waals surface area (Å²) in [5, 5.41) is 143. The molecule has 0 aliphatic heterocycles. The molecule has 0 aromatic heterocycles. The molecular weight excluding hydrogens is 1630 g/mol. The molecule has 2 aromatic carbocycles. The van der Waals surface area contributed by atoms with Crippen molar-refractivity contribution in [3.63, 3.8) is 0 Å². The van der Waals surface area contributed by atoms with Gasteiger partial charge in [-0.1, -0.05) is 52.0 Å². The minimum absolute atomic E-state index is 0.0122. The Morgan fingerprint density at radius 2 is 0.746 bits per heavy atom. The molecule has 0 aliphatic rings. The van der Waals surface area contributed by atoms with Crippen LogP contribution in [0.2, 0.25) is 0 Å². The van der Waals surface area contributed by atoms with Gasteiger partial charge in [-0.15, -0.1) is 0 Å². The van der Waals surface area contributed by atoms with Crippen LogP contribution in [0.3, 0.4) is 0 Å². The van der Waals surface area contributed by atoms with Crippen molar-refractivity contribution in [2.24, 2.45) is 29.0 Å². The minimum Gasteiger partial charge on any atom is -0.508 e. The molecule has 0 heterocycles. The Balaban J connectivity index is 2.47. The van der Waals surface area contributed by atoms with E-state index < -0.39 is 281 Å². The molecule has 0 saturated heterocycles. The smallest absolute Gasteiger partial charge is 0.326 e. The van der Waals surface area contributed by atoms with E-state index in [-0.39, 0.29) is 78.9 Å². The van der Waals surface area contributed by atoms with Gasteiger partial charge in [-0.2, -0.15) is 11.8 Å². The van der Waals surface area contributed by atoms with Gasteiger partial charge in [-0.25, -0.2) is 4.79 Å². The molecule has 32 N–H and O–H groups in total. The molecule has 16 atom stereocenters. The first-order valence-corrected chi connectivity index (χ1v) is 39.9. The van der Waals surface area contributed by atoms with E-state index in [2.05, 4.69) is 79.8 Å². The summed E-state index contributed by atoms with van der Waals surface area (Å²) in [7, 11) is 0. The molecule has 0 radical (unpaired) electrons. The number of amides is 15. The van der Waals surface area contributed by atoms with Gasteiger partial charge in [0.25, 0.3) is 0 Å². The highest BCUT2D eigenvalue weighted by Gasteiger charge is 2.40. The summed E-state index contributed by atoms with van der Waals surface area (Å²) in [6, 6.07) is -14.3. The summed E-state index contributed by atoms with van der Waals surface area (Å²) in [5.74, 6) is -23.8. The lowest BCUT2D eigenvalue weighted by Crippen LogP contribution is -2.62. The number of carboxylic acids is 3. The second-order valence-electron chi connectivity index (χ2n) is 29.1. The van der Waals surface area contributed by atoms with Crippen LogP contribution in [0.5, 0.6) is 11.5 Å². The van der Waals surface area contributed by atoms with Crippen molar-refractivity contribution >= 4 is 124 Å². The number of benzene rings is 2. The first-order chi connectivity index (χ1) is 57.2. The number of carboxylic acid groups (broad SMARTS) is 3. The Morgan fingerprint density at radius 3 is 1.15 bits per heavy atom. The van der Waals surface area contributed by atoms with Crippen LogP contribution in [0, 0.1) is 17.2 Å². The fourth-order valence-electron chi connectivity index (χ4n) is 11.3. The fourth-order valence-corrected chi connectivity index (χ4v) is 11.8. The van der Waals surface area contributed by atoms with Gasteiger partial charge in [0.05, 0.1) is 44.6 Å². The summed E-state index contributed by atoms with van der Waals surface area (Å²) in [4.78, 5) is 241. The van der Waals surface area contributed by atoms with Crippen molar-refractivity contribution in [2.75, 3.05) is 44.9 Å². The molecule has 0 unspecified atom stereocenters. The molecular formula is C74H115N19O28S. The Hall–Kier alpha value is -12.1. The number of guanidine groups is 1. The van der Waals surface area contributed by atoms with Crippen molar-refractivity contribution in [2.45, 2.75) is 215 Å². The van der Waals surface area contributed by atoms with Crippen molar-refractivity contribution in [1.29, 1.82) is 5.41 Å². The first kappa shape index (κ1) is 106. The number of nitrogens with one attached hydrogen (secondary N) is 16. The van der Waals surface area contributed by atoms with Crippen LogP contribution in [0.15, 0.2) is 48.5 Å². The third-order valence-electron chi connectivity index (χ3n) is 18.1. The molecule has 122 heavy (non-hydrogen) atoms. The van der Waals surface area contributed by atoms with E-state index in [1.165, 1.54) is 74.1 Å². The van der Waals surface area contributed by atoms with Gasteiger partial charge in [-0.3, -0.25) is 86.9 Å². The van der Waals surface area contributed by atoms with Gasteiger partial charge in [0, 0.05) is 38.6 Å². The average Bonchev–Trinajstić information content (AvgIpc) is 0.836. The summed E-state index contributed by atoms with van der Waals surface area (Å²) >= 11 is 1.28. The number of aliphatic carboxylic acids is 3. The zero-order chi connectivity index (χ0) is 92.4. The Morgan fingerprint density at radius 1 is 0.402 bits per heavy atom. The highest BCUT2D eigenvalue weighted by Crippen LogP contribution is 2.17. The minimum atomic E-state index is -2.04. The largest absolute Gasteiger partial charge is 0.508 e. The van der Waals surface area contributed by atoms with Crippen LogP contribution in [0.4, 0.5) is 0 Å². The van der Waals surface area contributed by atoms with Crippen LogP contribution in [0.1, 0.15) is 117 Å². The highest BCUT2D eigenvalue weighted by atomic mass is 32.2. The average molecular weight is 1750 g/mol. The highest BCUT2D eigenvalue weighted by molar-refractivity contribution is 7.98. The summed E-state index contributed by atoms with van der Waals surface area (Å²) in [6.07, 6.45) is -6.52. The van der Waals surface area contributed by atoms with E-state index in [1.54, 1.807) is 20.1 Å². The number of phenols is 2. The fraction of sp³-hybridized carbons (Fsp3) is 0.581. The number of primary amides is 1. The third kappa shape index (κ3) is 39.4. The molecule has 0 spiro atoms. The number of nitrogens with two attached hydrogens (primary N) is 3. The van der Waals surface area contributed by atoms with E-state index in [9.17, 15) is 137 Å². The predicted octanol–water partition coefficient (Wildman–Crippen LogP) is -9.83. The standard InChI is InChI=1S/C74H115N19O28S/c1-34(2)27-47(65(112)82-45(24-26-122-7)64(111)84-46(73(120)121)18-21-53(76)101)85-68(115)51(32-95)89-71(118)58(36(5)97)91-54(102)30-80-61(108)48(28-38-10-14-40(99)15-11-38)86-66(113)49(29-39-12-16-41(100)17-13-39)87-62(109)44(20-23-56(105)106)83-70(117)57(35(3)4)92-69(116)52(33-96)88-63(110)43(19-22-55(103)104)81-67(114)50(31-94)90-72(119)59(37(6)98)93-60(107)42(75)9-8-25-79-74(77)78/h10-17,34-37,42-52,57-59,94-100H,8-9,18-33,75H2,1-7H3,(H2,76,101)(H,80,108)(H,81,114)(H,82,112)(H,83,117)(H,84,111)(H,85,115)(H,86,113)(H,87,109)(H,88,110)(H,89,118)(H,90,119)(H,91,102)(H,92,116)(H,93,107)(H,103,104)(H,105,106)(H,120,121)(H4,77,78,79)/t36-,37-,42+,43+,44+,45+,46+,47+,48+,49+,50+,51+,52+,57+,58+,59+/m1/s1. The summed E-state index contributed by atoms with van der Waals surface area (Å²) in [6.45, 7) is 3.73. The van der Waals surface area contributed by atoms with Crippen LogP contribution >= 0.6 is 11.8 Å². The van der Waals surface area contributed by atoms with E-state index in [4.69, 9.17) is 22.6 Å². The van der Waals surface area contributed by atoms with E-state index >= 15 is 0 Å². The Kier molecular flexibility index (Phi) is 47.1. The maximum Gasteiger partial charge on any atom is 0.326 e. The maximum atomic E-state index is 14.8. The molecule has 15 amide bonds. The molecule has 0 saturated carbocycles. The summed E-state index contributed by atoms with van der Waals surface area (Å²) in [5.41, 5.74) is 16.8. The molecule has 48 heteroatoms. The van der Waals surface area contributed by atoms with Crippen molar-refractivity contribution in [1.82, 2.24) is 79.8 Å². The van der Waals surface area contributed by atoms with Crippen LogP contribution in [0.25, 0.3) is 0 Å². The molecule has 680 valence electrons. The molecule has 47 nitrogen and oxygen atoms in total. The number of phenolic OH excluding ortho intramolecular Hbond substituents is 2. The Bertz CT molecular complexity index is 3920. The molecule has 0 bridgehead atoms. The Labute approximate surface area is 704 Å². The number of rotatable bonds is 57. The quantitative estimate of drug-likeness (QED) is 0.0166. The van der Waals surface area contributed by atoms with Gasteiger partial charge in [0.15, 0.2) is 5.96 Å². The second kappa shape index (κ2) is 54.2. The molecule has 0 fully saturated rings. The number of carbonyl (C=O) groups is 18. The number of aliphatic hydroxyl groups excluding tert-OH is 5. The number of hydrogen-bond acceptors (Lipinski definition) is 28. The van der Waals surface area contributed by atoms with Crippen molar-refractivity contribution < 1.29 is 137 Å². The van der Waals surface area contributed by atoms with Crippen LogP contribution in [-0.2, 0) is 99.1 Å². The van der Waals surface area contributed by atoms with Crippen molar-refractivity contribution in [3.8, 4) is 11.5 Å². The maximum absolute atomic E-state index is 14.8. The number of aliphatic hydroxyl groups is 5. The van der Waals surface area contributed by atoms with E-state index in [0.717, 1.165) is 13.8 Å². The van der Waals surface area contributed by atoms with Gasteiger partial charge < -0.3 is 148 Å². The number of aromatic hydroxyl groups is 2. The van der Waals surface area contributed by atoms with E-state index in [1.807, 2.05) is 0 Å². The number of carbonyl (C=O) groups excluding carboxylic acids is 15. The van der Waals surface area contributed by atoms with Crippen LogP contribution in [-0.4, -0.2) is 305 Å². The monoisotopic (exact) mass is 1750 g/mol. The predicted molar refractivity (Wildman–Crippen MR) is 431 cm³/mol. The number of thioether (sulfide) groups is 1. The zero-order valence-corrected chi connectivity index (χ0v) is 69.0. The van der Waals surface area contributed by atoms with E-state index in [0.29, 0.717) is 0 Å².